The number of pyridine rings is 1. The summed E-state index contributed by atoms with van der Waals surface area (Å²) >= 11 is 1.25. The third-order valence-corrected chi connectivity index (χ3v) is 7.04. The van der Waals surface area contributed by atoms with Gasteiger partial charge in [-0.05, 0) is 54.4 Å². The molecule has 4 N–H and O–H groups in total. The summed E-state index contributed by atoms with van der Waals surface area (Å²) in [5, 5.41) is 12.8. The highest BCUT2D eigenvalue weighted by molar-refractivity contribution is 7.21. The minimum Gasteiger partial charge on any atom is -0.478 e. The molecule has 3 aromatic rings. The lowest BCUT2D eigenvalue weighted by molar-refractivity contribution is 0.0698. The van der Waals surface area contributed by atoms with Crippen molar-refractivity contribution in [3.05, 3.63) is 52.0 Å². The van der Waals surface area contributed by atoms with Gasteiger partial charge in [0.15, 0.2) is 0 Å². The lowest BCUT2D eigenvalue weighted by atomic mass is 9.71. The van der Waals surface area contributed by atoms with E-state index in [-0.39, 0.29) is 16.7 Å². The van der Waals surface area contributed by atoms with Crippen LogP contribution in [-0.4, -0.2) is 22.0 Å². The quantitative estimate of drug-likeness (QED) is 0.551. The molecule has 0 saturated heterocycles. The van der Waals surface area contributed by atoms with Gasteiger partial charge in [-0.2, -0.15) is 0 Å². The molecule has 7 heteroatoms. The van der Waals surface area contributed by atoms with E-state index in [1.807, 2.05) is 0 Å². The number of nitrogen functional groups attached to an aromatic ring is 1. The fourth-order valence-corrected chi connectivity index (χ4v) is 5.05. The molecule has 6 nitrogen and oxygen atoms in total. The number of fused-ring (bicyclic) bond motifs is 2. The van der Waals surface area contributed by atoms with Crippen LogP contribution in [0.5, 0.6) is 0 Å². The Labute approximate surface area is 179 Å². The first-order valence-electron chi connectivity index (χ1n) is 9.99. The highest BCUT2D eigenvalue weighted by atomic mass is 32.1. The zero-order valence-corrected chi connectivity index (χ0v) is 18.1. The summed E-state index contributed by atoms with van der Waals surface area (Å²) in [6.45, 7) is 6.81. The van der Waals surface area contributed by atoms with Crippen LogP contribution in [0.15, 0.2) is 30.3 Å². The predicted molar refractivity (Wildman–Crippen MR) is 120 cm³/mol. The Morgan fingerprint density at radius 1 is 1.27 bits per heavy atom. The van der Waals surface area contributed by atoms with Gasteiger partial charge in [0.2, 0.25) is 0 Å². The van der Waals surface area contributed by atoms with Gasteiger partial charge in [0, 0.05) is 11.1 Å². The molecule has 0 fully saturated rings. The van der Waals surface area contributed by atoms with Gasteiger partial charge in [-0.15, -0.1) is 11.3 Å². The van der Waals surface area contributed by atoms with Gasteiger partial charge in [0.1, 0.15) is 9.71 Å². The molecule has 2 aromatic heterocycles. The van der Waals surface area contributed by atoms with Crippen molar-refractivity contribution in [2.75, 3.05) is 11.1 Å². The summed E-state index contributed by atoms with van der Waals surface area (Å²) in [6.07, 6.45) is 3.00. The predicted octanol–water partition coefficient (Wildman–Crippen LogP) is 4.98. The smallest absolute Gasteiger partial charge is 0.337 e. The van der Waals surface area contributed by atoms with Crippen LogP contribution in [-0.2, 0) is 12.8 Å². The number of nitrogens with zero attached hydrogens (tertiary/aromatic N) is 1. The maximum Gasteiger partial charge on any atom is 0.337 e. The second kappa shape index (κ2) is 7.40. The third-order valence-electron chi connectivity index (χ3n) is 5.92. The van der Waals surface area contributed by atoms with Gasteiger partial charge in [-0.25, -0.2) is 9.78 Å². The Hall–Kier alpha value is -2.93. The third kappa shape index (κ3) is 3.65. The Kier molecular flexibility index (Phi) is 5.02. The van der Waals surface area contributed by atoms with E-state index in [2.05, 4.69) is 32.2 Å². The molecule has 1 aliphatic carbocycles. The highest BCUT2D eigenvalue weighted by Crippen LogP contribution is 2.40. The SMILES string of the molecule is CC(C)(C)C1CCc2nc3sc(C(=O)Nc4ccccc4C(=O)O)c(N)c3cc2C1. The van der Waals surface area contributed by atoms with Gasteiger partial charge in [0.25, 0.3) is 5.91 Å². The molecule has 0 radical (unpaired) electrons. The Balaban J connectivity index is 1.68. The number of nitrogens with one attached hydrogen (secondary N) is 1. The summed E-state index contributed by atoms with van der Waals surface area (Å²) in [5.74, 6) is -0.938. The number of carboxylic acids is 1. The van der Waals surface area contributed by atoms with E-state index >= 15 is 0 Å². The molecule has 1 aromatic carbocycles. The lowest BCUT2D eigenvalue weighted by Gasteiger charge is -2.34. The zero-order chi connectivity index (χ0) is 21.6. The van der Waals surface area contributed by atoms with E-state index in [9.17, 15) is 14.7 Å². The molecule has 1 amide bonds. The molecule has 1 unspecified atom stereocenters. The van der Waals surface area contributed by atoms with Crippen LogP contribution < -0.4 is 11.1 Å². The van der Waals surface area contributed by atoms with Crippen molar-refractivity contribution in [2.45, 2.75) is 40.0 Å². The molecule has 2 heterocycles. The number of para-hydroxylation sites is 1. The Morgan fingerprint density at radius 3 is 2.70 bits per heavy atom. The van der Waals surface area contributed by atoms with Crippen LogP contribution in [0, 0.1) is 11.3 Å². The molecule has 0 aliphatic heterocycles. The van der Waals surface area contributed by atoms with Crippen molar-refractivity contribution in [3.8, 4) is 0 Å². The number of carboxylic acid groups (broad SMARTS) is 1. The van der Waals surface area contributed by atoms with E-state index in [1.54, 1.807) is 18.2 Å². The van der Waals surface area contributed by atoms with Crippen molar-refractivity contribution in [1.82, 2.24) is 4.98 Å². The highest BCUT2D eigenvalue weighted by Gasteiger charge is 2.30. The van der Waals surface area contributed by atoms with Crippen molar-refractivity contribution in [1.29, 1.82) is 0 Å². The number of amides is 1. The topological polar surface area (TPSA) is 105 Å². The molecule has 1 atom stereocenters. The number of carbonyl (C=O) groups excluding carboxylic acids is 1. The van der Waals surface area contributed by atoms with Crippen LogP contribution in [0.25, 0.3) is 10.2 Å². The lowest BCUT2D eigenvalue weighted by Crippen LogP contribution is -2.27. The minimum absolute atomic E-state index is 0.0346. The van der Waals surface area contributed by atoms with Gasteiger partial charge in [-0.1, -0.05) is 32.9 Å². The van der Waals surface area contributed by atoms with Crippen molar-refractivity contribution >= 4 is 44.8 Å². The number of hydrogen-bond donors (Lipinski definition) is 3. The fourth-order valence-electron chi connectivity index (χ4n) is 4.06. The van der Waals surface area contributed by atoms with E-state index in [1.165, 1.54) is 23.0 Å². The number of anilines is 2. The maximum atomic E-state index is 12.9. The van der Waals surface area contributed by atoms with E-state index in [4.69, 9.17) is 10.7 Å². The summed E-state index contributed by atoms with van der Waals surface area (Å²) in [7, 11) is 0. The first-order valence-corrected chi connectivity index (χ1v) is 10.8. The number of carbonyl (C=O) groups is 2. The van der Waals surface area contributed by atoms with Gasteiger partial charge >= 0.3 is 5.97 Å². The zero-order valence-electron chi connectivity index (χ0n) is 17.3. The number of aromatic carboxylic acids is 1. The monoisotopic (exact) mass is 423 g/mol. The summed E-state index contributed by atoms with van der Waals surface area (Å²) in [5.41, 5.74) is 9.54. The van der Waals surface area contributed by atoms with Gasteiger partial charge in [0.05, 0.1) is 16.9 Å². The average Bonchev–Trinajstić information content (AvgIpc) is 3.01. The number of hydrogen-bond acceptors (Lipinski definition) is 5. The number of nitrogens with two attached hydrogens (primary N) is 1. The first-order chi connectivity index (χ1) is 14.1. The largest absolute Gasteiger partial charge is 0.478 e. The van der Waals surface area contributed by atoms with E-state index < -0.39 is 11.9 Å². The summed E-state index contributed by atoms with van der Waals surface area (Å²) < 4.78 is 0. The van der Waals surface area contributed by atoms with Crippen LogP contribution in [0.3, 0.4) is 0 Å². The molecule has 4 rings (SSSR count). The van der Waals surface area contributed by atoms with Crippen molar-refractivity contribution in [2.24, 2.45) is 11.3 Å². The van der Waals surface area contributed by atoms with Crippen LogP contribution in [0.1, 0.15) is 58.5 Å². The second-order valence-corrected chi connectivity index (χ2v) is 9.90. The van der Waals surface area contributed by atoms with Crippen LogP contribution >= 0.6 is 11.3 Å². The van der Waals surface area contributed by atoms with Gasteiger partial charge in [-0.3, -0.25) is 4.79 Å². The van der Waals surface area contributed by atoms with E-state index in [0.29, 0.717) is 16.5 Å². The van der Waals surface area contributed by atoms with Crippen molar-refractivity contribution < 1.29 is 14.7 Å². The first kappa shape index (κ1) is 20.3. The maximum absolute atomic E-state index is 12.9. The summed E-state index contributed by atoms with van der Waals surface area (Å²) in [6, 6.07) is 8.40. The van der Waals surface area contributed by atoms with Gasteiger partial charge < -0.3 is 16.2 Å². The number of thiophene rings is 1. The minimum atomic E-state index is -1.10. The Bertz CT molecular complexity index is 1160. The second-order valence-electron chi connectivity index (χ2n) is 8.90. The number of aromatic nitrogens is 1. The molecule has 0 spiro atoms. The molecule has 30 heavy (non-hydrogen) atoms. The standard InChI is InChI=1S/C23H25N3O3S/c1-23(2,3)13-8-9-16-12(10-13)11-15-18(24)19(30-21(15)26-16)20(27)25-17-7-5-4-6-14(17)22(28)29/h4-7,11,13H,8-10,24H2,1-3H3,(H,25,27)(H,28,29). The molecule has 156 valence electrons. The normalized spacial score (nSPS) is 16.3. The number of benzene rings is 1. The summed E-state index contributed by atoms with van der Waals surface area (Å²) in [4.78, 5) is 30.2. The molecular formula is C23H25N3O3S. The molecule has 0 bridgehead atoms. The molecule has 0 saturated carbocycles. The number of aryl methyl sites for hydroxylation is 1. The van der Waals surface area contributed by atoms with Crippen LogP contribution in [0.4, 0.5) is 11.4 Å². The van der Waals surface area contributed by atoms with E-state index in [0.717, 1.165) is 35.2 Å². The number of rotatable bonds is 3. The van der Waals surface area contributed by atoms with Crippen molar-refractivity contribution in [3.63, 3.8) is 0 Å². The molecule has 1 aliphatic rings. The van der Waals surface area contributed by atoms with Crippen LogP contribution in [0.2, 0.25) is 0 Å². The molecular weight excluding hydrogens is 398 g/mol. The Morgan fingerprint density at radius 2 is 2.00 bits per heavy atom. The fraction of sp³-hybridized carbons (Fsp3) is 0.348. The average molecular weight is 424 g/mol.